The summed E-state index contributed by atoms with van der Waals surface area (Å²) in [7, 11) is 0. The van der Waals surface area contributed by atoms with E-state index in [0.29, 0.717) is 28.6 Å². The van der Waals surface area contributed by atoms with Crippen LogP contribution in [0.4, 0.5) is 0 Å². The SMILES string of the molecule is Cc1ccc(-c2nnc(SCc3nc(-c4cccs4)no3)o2)cc1. The fraction of sp³-hybridized carbons (Fsp3) is 0.125. The van der Waals surface area contributed by atoms with Crippen molar-refractivity contribution in [2.45, 2.75) is 17.9 Å². The van der Waals surface area contributed by atoms with E-state index in [1.807, 2.05) is 48.7 Å². The van der Waals surface area contributed by atoms with Gasteiger partial charge in [0, 0.05) is 5.56 Å². The van der Waals surface area contributed by atoms with Crippen molar-refractivity contribution in [3.63, 3.8) is 0 Å². The fourth-order valence-electron chi connectivity index (χ4n) is 2.02. The molecule has 0 bridgehead atoms. The Balaban J connectivity index is 1.42. The highest BCUT2D eigenvalue weighted by atomic mass is 32.2. The normalized spacial score (nSPS) is 11.0. The van der Waals surface area contributed by atoms with Gasteiger partial charge < -0.3 is 8.94 Å². The molecule has 0 aliphatic rings. The molecule has 0 saturated heterocycles. The molecule has 3 aromatic heterocycles. The van der Waals surface area contributed by atoms with Crippen molar-refractivity contribution in [1.82, 2.24) is 20.3 Å². The first-order chi connectivity index (χ1) is 11.8. The van der Waals surface area contributed by atoms with Crippen LogP contribution in [0.5, 0.6) is 0 Å². The van der Waals surface area contributed by atoms with Crippen molar-refractivity contribution < 1.29 is 8.94 Å². The predicted octanol–water partition coefficient (Wildman–Crippen LogP) is 4.45. The molecule has 6 nitrogen and oxygen atoms in total. The minimum atomic E-state index is 0.474. The van der Waals surface area contributed by atoms with Gasteiger partial charge in [-0.1, -0.05) is 40.7 Å². The zero-order valence-electron chi connectivity index (χ0n) is 12.7. The van der Waals surface area contributed by atoms with E-state index >= 15 is 0 Å². The summed E-state index contributed by atoms with van der Waals surface area (Å²) in [5, 5.41) is 14.5. The van der Waals surface area contributed by atoms with Crippen molar-refractivity contribution in [3.8, 4) is 22.2 Å². The summed E-state index contributed by atoms with van der Waals surface area (Å²) in [4.78, 5) is 5.35. The second-order valence-corrected chi connectivity index (χ2v) is 6.89. The van der Waals surface area contributed by atoms with Crippen LogP contribution >= 0.6 is 23.1 Å². The molecule has 0 fully saturated rings. The molecule has 120 valence electrons. The molecule has 0 radical (unpaired) electrons. The van der Waals surface area contributed by atoms with Gasteiger partial charge in [0.2, 0.25) is 17.6 Å². The molecule has 0 atom stereocenters. The first kappa shape index (κ1) is 15.1. The molecule has 0 aliphatic heterocycles. The Bertz CT molecular complexity index is 929. The van der Waals surface area contributed by atoms with Gasteiger partial charge in [0.15, 0.2) is 0 Å². The van der Waals surface area contributed by atoms with Crippen molar-refractivity contribution in [3.05, 3.63) is 53.2 Å². The third-order valence-electron chi connectivity index (χ3n) is 3.23. The lowest BCUT2D eigenvalue weighted by atomic mass is 10.1. The maximum absolute atomic E-state index is 5.66. The molecule has 0 spiro atoms. The van der Waals surface area contributed by atoms with Gasteiger partial charge in [0.1, 0.15) is 0 Å². The lowest BCUT2D eigenvalue weighted by Crippen LogP contribution is -1.81. The molecule has 0 N–H and O–H groups in total. The molecule has 4 rings (SSSR count). The first-order valence-corrected chi connectivity index (χ1v) is 9.04. The van der Waals surface area contributed by atoms with Gasteiger partial charge >= 0.3 is 0 Å². The van der Waals surface area contributed by atoms with Crippen LogP contribution in [0.2, 0.25) is 0 Å². The molecule has 3 heterocycles. The molecule has 4 aromatic rings. The topological polar surface area (TPSA) is 77.8 Å². The van der Waals surface area contributed by atoms with Crippen LogP contribution in [0, 0.1) is 6.92 Å². The molecule has 0 aliphatic carbocycles. The fourth-order valence-corrected chi connectivity index (χ4v) is 3.27. The van der Waals surface area contributed by atoms with Gasteiger partial charge in [-0.2, -0.15) is 4.98 Å². The Kier molecular flexibility index (Phi) is 4.14. The van der Waals surface area contributed by atoms with E-state index in [1.165, 1.54) is 17.3 Å². The molecule has 0 unspecified atom stereocenters. The summed E-state index contributed by atoms with van der Waals surface area (Å²) in [5.41, 5.74) is 2.09. The Morgan fingerprint density at radius 2 is 2.00 bits per heavy atom. The zero-order valence-corrected chi connectivity index (χ0v) is 14.3. The van der Waals surface area contributed by atoms with E-state index in [-0.39, 0.29) is 0 Å². The first-order valence-electron chi connectivity index (χ1n) is 7.18. The van der Waals surface area contributed by atoms with Gasteiger partial charge in [-0.3, -0.25) is 0 Å². The second kappa shape index (κ2) is 6.58. The monoisotopic (exact) mass is 356 g/mol. The van der Waals surface area contributed by atoms with Crippen molar-refractivity contribution >= 4 is 23.1 Å². The van der Waals surface area contributed by atoms with Crippen molar-refractivity contribution in [1.29, 1.82) is 0 Å². The smallest absolute Gasteiger partial charge is 0.277 e. The van der Waals surface area contributed by atoms with Crippen molar-refractivity contribution in [2.75, 3.05) is 0 Å². The number of hydrogen-bond donors (Lipinski definition) is 0. The number of thioether (sulfide) groups is 1. The van der Waals surface area contributed by atoms with Crippen LogP contribution in [0.3, 0.4) is 0 Å². The predicted molar refractivity (Wildman–Crippen MR) is 91.6 cm³/mol. The number of nitrogens with zero attached hydrogens (tertiary/aromatic N) is 4. The Morgan fingerprint density at radius 3 is 2.79 bits per heavy atom. The zero-order chi connectivity index (χ0) is 16.4. The number of aromatic nitrogens is 4. The largest absolute Gasteiger partial charge is 0.411 e. The summed E-state index contributed by atoms with van der Waals surface area (Å²) in [6.45, 7) is 2.04. The molecule has 1 aromatic carbocycles. The molecule has 0 saturated carbocycles. The van der Waals surface area contributed by atoms with Crippen LogP contribution in [0.15, 0.2) is 55.9 Å². The maximum atomic E-state index is 5.66. The van der Waals surface area contributed by atoms with E-state index in [0.717, 1.165) is 10.4 Å². The van der Waals surface area contributed by atoms with Gasteiger partial charge in [0.05, 0.1) is 10.6 Å². The van der Waals surface area contributed by atoms with Crippen LogP contribution in [-0.2, 0) is 5.75 Å². The highest BCUT2D eigenvalue weighted by Gasteiger charge is 2.13. The van der Waals surface area contributed by atoms with Crippen LogP contribution < -0.4 is 0 Å². The van der Waals surface area contributed by atoms with E-state index in [1.54, 1.807) is 11.3 Å². The molecular weight excluding hydrogens is 344 g/mol. The summed E-state index contributed by atoms with van der Waals surface area (Å²) in [6.07, 6.45) is 0. The van der Waals surface area contributed by atoms with E-state index in [9.17, 15) is 0 Å². The van der Waals surface area contributed by atoms with Gasteiger partial charge in [-0.05, 0) is 30.5 Å². The van der Waals surface area contributed by atoms with E-state index in [4.69, 9.17) is 8.94 Å². The van der Waals surface area contributed by atoms with Gasteiger partial charge in [0.25, 0.3) is 5.22 Å². The third-order valence-corrected chi connectivity index (χ3v) is 4.90. The number of aryl methyl sites for hydroxylation is 1. The lowest BCUT2D eigenvalue weighted by molar-refractivity contribution is 0.391. The Hall–Kier alpha value is -2.45. The average molecular weight is 356 g/mol. The maximum Gasteiger partial charge on any atom is 0.277 e. The minimum Gasteiger partial charge on any atom is -0.411 e. The summed E-state index contributed by atoms with van der Waals surface area (Å²) in [6, 6.07) is 11.9. The highest BCUT2D eigenvalue weighted by Crippen LogP contribution is 2.27. The van der Waals surface area contributed by atoms with E-state index < -0.39 is 0 Å². The number of hydrogen-bond acceptors (Lipinski definition) is 8. The summed E-state index contributed by atoms with van der Waals surface area (Å²) in [5.74, 6) is 2.11. The second-order valence-electron chi connectivity index (χ2n) is 5.02. The average Bonchev–Trinajstić information content (AvgIpc) is 3.34. The Labute approximate surface area is 145 Å². The van der Waals surface area contributed by atoms with E-state index in [2.05, 4.69) is 20.3 Å². The number of rotatable bonds is 5. The molecule has 24 heavy (non-hydrogen) atoms. The van der Waals surface area contributed by atoms with Crippen LogP contribution in [0.1, 0.15) is 11.5 Å². The van der Waals surface area contributed by atoms with Crippen LogP contribution in [-0.4, -0.2) is 20.3 Å². The minimum absolute atomic E-state index is 0.474. The lowest BCUT2D eigenvalue weighted by Gasteiger charge is -1.95. The van der Waals surface area contributed by atoms with Gasteiger partial charge in [-0.15, -0.1) is 21.5 Å². The summed E-state index contributed by atoms with van der Waals surface area (Å²) >= 11 is 2.94. The van der Waals surface area contributed by atoms with Crippen molar-refractivity contribution in [2.24, 2.45) is 0 Å². The molecular formula is C16H12N4O2S2. The van der Waals surface area contributed by atoms with Crippen LogP contribution in [0.25, 0.3) is 22.2 Å². The standard InChI is InChI=1S/C16H12N4O2S2/c1-10-4-6-11(7-5-10)15-18-19-16(21-15)24-9-13-17-14(20-22-13)12-3-2-8-23-12/h2-8H,9H2,1H3. The molecule has 0 amide bonds. The number of thiophene rings is 1. The Morgan fingerprint density at radius 1 is 1.12 bits per heavy atom. The third kappa shape index (κ3) is 3.24. The molecule has 8 heteroatoms. The summed E-state index contributed by atoms with van der Waals surface area (Å²) < 4.78 is 10.9. The number of benzene rings is 1. The highest BCUT2D eigenvalue weighted by molar-refractivity contribution is 7.98. The van der Waals surface area contributed by atoms with Gasteiger partial charge in [-0.25, -0.2) is 0 Å². The quantitative estimate of drug-likeness (QED) is 0.489.